The fourth-order valence-corrected chi connectivity index (χ4v) is 5.72. The lowest BCUT2D eigenvalue weighted by Crippen LogP contribution is -2.30. The largest absolute Gasteiger partial charge is 0.432 e. The second-order valence-corrected chi connectivity index (χ2v) is 8.88. The molecule has 2 aliphatic rings. The van der Waals surface area contributed by atoms with E-state index in [0.717, 1.165) is 42.4 Å². The van der Waals surface area contributed by atoms with Crippen molar-refractivity contribution in [3.63, 3.8) is 0 Å². The van der Waals surface area contributed by atoms with E-state index in [1.807, 2.05) is 6.07 Å². The van der Waals surface area contributed by atoms with E-state index >= 15 is 0 Å². The molecule has 4 atom stereocenters. The SMILES string of the molecule is CCC[C@@H]1CC[C@@H]2CC(c3cc(F)c4cc(OC(F)F)c(F)cc4c3)CCC2C1. The van der Waals surface area contributed by atoms with E-state index < -0.39 is 24.0 Å². The lowest BCUT2D eigenvalue weighted by molar-refractivity contribution is -0.0520. The van der Waals surface area contributed by atoms with Crippen LogP contribution in [0.3, 0.4) is 0 Å². The maximum atomic E-state index is 14.8. The van der Waals surface area contributed by atoms with E-state index in [9.17, 15) is 17.6 Å². The maximum Gasteiger partial charge on any atom is 0.387 e. The molecule has 2 saturated carbocycles. The number of fused-ring (bicyclic) bond motifs is 2. The summed E-state index contributed by atoms with van der Waals surface area (Å²) in [6.45, 7) is -0.894. The minimum Gasteiger partial charge on any atom is -0.432 e. The van der Waals surface area contributed by atoms with Crippen molar-refractivity contribution in [3.05, 3.63) is 41.5 Å². The molecule has 0 heterocycles. The molecule has 0 spiro atoms. The van der Waals surface area contributed by atoms with Crippen molar-refractivity contribution in [1.29, 1.82) is 0 Å². The molecule has 5 heteroatoms. The van der Waals surface area contributed by atoms with Gasteiger partial charge in [0.05, 0.1) is 0 Å². The van der Waals surface area contributed by atoms with Gasteiger partial charge in [-0.25, -0.2) is 8.78 Å². The quantitative estimate of drug-likeness (QED) is 0.458. The molecule has 4 rings (SSSR count). The molecule has 0 radical (unpaired) electrons. The Balaban J connectivity index is 1.54. The van der Waals surface area contributed by atoms with Crippen LogP contribution < -0.4 is 4.74 Å². The molecule has 2 aliphatic carbocycles. The summed E-state index contributed by atoms with van der Waals surface area (Å²) in [5, 5.41) is 0.507. The molecule has 2 unspecified atom stereocenters. The normalized spacial score (nSPS) is 27.2. The highest BCUT2D eigenvalue weighted by molar-refractivity contribution is 5.85. The summed E-state index contributed by atoms with van der Waals surface area (Å²) in [5.41, 5.74) is 0.894. The van der Waals surface area contributed by atoms with E-state index in [1.165, 1.54) is 44.6 Å². The third kappa shape index (κ3) is 4.39. The van der Waals surface area contributed by atoms with Crippen LogP contribution in [0.2, 0.25) is 0 Å². The van der Waals surface area contributed by atoms with Crippen LogP contribution in [0.15, 0.2) is 24.3 Å². The summed E-state index contributed by atoms with van der Waals surface area (Å²) < 4.78 is 57.9. The monoisotopic (exact) mass is 408 g/mol. The standard InChI is InChI=1S/C24H28F4O/c1-2-3-14-4-5-16-9-17(7-6-15(16)8-14)18-10-19-12-22(26)23(29-24(27)28)13-20(19)21(25)11-18/h10-17,24H,2-9H2,1H3/t14-,15?,16-,17?/m1/s1. The number of hydrogen-bond acceptors (Lipinski definition) is 1. The zero-order valence-electron chi connectivity index (χ0n) is 16.8. The van der Waals surface area contributed by atoms with Crippen LogP contribution in [0.25, 0.3) is 10.8 Å². The summed E-state index contributed by atoms with van der Waals surface area (Å²) in [5.74, 6) is 0.593. The van der Waals surface area contributed by atoms with Gasteiger partial charge in [0.15, 0.2) is 11.6 Å². The van der Waals surface area contributed by atoms with Crippen molar-refractivity contribution >= 4 is 10.8 Å². The summed E-state index contributed by atoms with van der Waals surface area (Å²) in [6, 6.07) is 5.45. The first kappa shape index (κ1) is 20.5. The van der Waals surface area contributed by atoms with E-state index in [1.54, 1.807) is 0 Å². The Hall–Kier alpha value is -1.78. The minimum absolute atomic E-state index is 0.111. The van der Waals surface area contributed by atoms with Crippen LogP contribution in [-0.4, -0.2) is 6.61 Å². The van der Waals surface area contributed by atoms with E-state index in [4.69, 9.17) is 0 Å². The molecule has 1 nitrogen and oxygen atoms in total. The summed E-state index contributed by atoms with van der Waals surface area (Å²) in [6.07, 6.45) is 9.72. The molecule has 2 aromatic rings. The maximum absolute atomic E-state index is 14.8. The predicted molar refractivity (Wildman–Crippen MR) is 106 cm³/mol. The molecule has 2 aromatic carbocycles. The molecule has 0 aromatic heterocycles. The molecule has 29 heavy (non-hydrogen) atoms. The number of halogens is 4. The molecular weight excluding hydrogens is 380 g/mol. The van der Waals surface area contributed by atoms with Crippen molar-refractivity contribution in [2.24, 2.45) is 17.8 Å². The molecule has 2 fully saturated rings. The highest BCUT2D eigenvalue weighted by atomic mass is 19.3. The van der Waals surface area contributed by atoms with Crippen molar-refractivity contribution in [1.82, 2.24) is 0 Å². The van der Waals surface area contributed by atoms with Gasteiger partial charge >= 0.3 is 6.61 Å². The Bertz CT molecular complexity index is 866. The zero-order chi connectivity index (χ0) is 20.5. The van der Waals surface area contributed by atoms with Gasteiger partial charge in [0.2, 0.25) is 0 Å². The van der Waals surface area contributed by atoms with Gasteiger partial charge in [-0.2, -0.15) is 8.78 Å². The summed E-state index contributed by atoms with van der Waals surface area (Å²) in [4.78, 5) is 0. The van der Waals surface area contributed by atoms with Gasteiger partial charge in [0.25, 0.3) is 0 Å². The topological polar surface area (TPSA) is 9.23 Å². The number of rotatable bonds is 5. The first-order valence-corrected chi connectivity index (χ1v) is 10.8. The second-order valence-electron chi connectivity index (χ2n) is 8.88. The van der Waals surface area contributed by atoms with Crippen LogP contribution in [-0.2, 0) is 0 Å². The molecule has 0 saturated heterocycles. The molecule has 0 amide bonds. The highest BCUT2D eigenvalue weighted by Crippen LogP contribution is 2.48. The Morgan fingerprint density at radius 2 is 1.69 bits per heavy atom. The van der Waals surface area contributed by atoms with Crippen molar-refractivity contribution < 1.29 is 22.3 Å². The van der Waals surface area contributed by atoms with E-state index in [-0.39, 0.29) is 11.3 Å². The van der Waals surface area contributed by atoms with Crippen molar-refractivity contribution in [2.45, 2.75) is 70.8 Å². The number of hydrogen-bond donors (Lipinski definition) is 0. The van der Waals surface area contributed by atoms with Gasteiger partial charge in [-0.05, 0) is 84.9 Å². The molecule has 0 aliphatic heterocycles. The molecular formula is C24H28F4O. The van der Waals surface area contributed by atoms with Crippen molar-refractivity contribution in [3.8, 4) is 5.75 Å². The average Bonchev–Trinajstić information content (AvgIpc) is 2.68. The Labute approximate surface area is 169 Å². The fourth-order valence-electron chi connectivity index (χ4n) is 5.72. The number of alkyl halides is 2. The van der Waals surface area contributed by atoms with Crippen LogP contribution in [0.1, 0.15) is 69.8 Å². The number of ether oxygens (including phenoxy) is 1. The fraction of sp³-hybridized carbons (Fsp3) is 0.583. The molecule has 0 bridgehead atoms. The Kier molecular flexibility index (Phi) is 6.03. The summed E-state index contributed by atoms with van der Waals surface area (Å²) >= 11 is 0. The van der Waals surface area contributed by atoms with Gasteiger partial charge in [0, 0.05) is 5.39 Å². The van der Waals surface area contributed by atoms with Gasteiger partial charge in [-0.3, -0.25) is 0 Å². The van der Waals surface area contributed by atoms with Crippen LogP contribution >= 0.6 is 0 Å². The smallest absolute Gasteiger partial charge is 0.387 e. The second kappa shape index (κ2) is 8.53. The average molecular weight is 408 g/mol. The van der Waals surface area contributed by atoms with Crippen LogP contribution in [0.4, 0.5) is 17.6 Å². The lowest BCUT2D eigenvalue weighted by atomic mass is 9.63. The van der Waals surface area contributed by atoms with Crippen molar-refractivity contribution in [2.75, 3.05) is 0 Å². The van der Waals surface area contributed by atoms with E-state index in [2.05, 4.69) is 11.7 Å². The van der Waals surface area contributed by atoms with Gasteiger partial charge in [-0.1, -0.05) is 32.3 Å². The Morgan fingerprint density at radius 1 is 0.931 bits per heavy atom. The first-order chi connectivity index (χ1) is 13.9. The molecule has 158 valence electrons. The third-order valence-electron chi connectivity index (χ3n) is 7.08. The minimum atomic E-state index is -3.15. The van der Waals surface area contributed by atoms with Crippen LogP contribution in [0, 0.1) is 29.4 Å². The van der Waals surface area contributed by atoms with E-state index in [0.29, 0.717) is 11.3 Å². The van der Waals surface area contributed by atoms with Gasteiger partial charge < -0.3 is 4.74 Å². The predicted octanol–water partition coefficient (Wildman–Crippen LogP) is 7.82. The molecule has 0 N–H and O–H groups in total. The highest BCUT2D eigenvalue weighted by Gasteiger charge is 2.35. The summed E-state index contributed by atoms with van der Waals surface area (Å²) in [7, 11) is 0. The van der Waals surface area contributed by atoms with Gasteiger partial charge in [0.1, 0.15) is 5.82 Å². The number of benzene rings is 2. The third-order valence-corrected chi connectivity index (χ3v) is 7.08. The van der Waals surface area contributed by atoms with Gasteiger partial charge in [-0.15, -0.1) is 0 Å². The lowest BCUT2D eigenvalue weighted by Gasteiger charge is -2.42. The first-order valence-electron chi connectivity index (χ1n) is 10.8. The zero-order valence-corrected chi connectivity index (χ0v) is 16.8. The van der Waals surface area contributed by atoms with Crippen LogP contribution in [0.5, 0.6) is 5.75 Å². The Morgan fingerprint density at radius 3 is 2.45 bits per heavy atom.